The topological polar surface area (TPSA) is 102 Å². The van der Waals surface area contributed by atoms with Gasteiger partial charge in [-0.1, -0.05) is 6.07 Å². The van der Waals surface area contributed by atoms with Gasteiger partial charge >= 0.3 is 0 Å². The number of rotatable bonds is 7. The van der Waals surface area contributed by atoms with Crippen LogP contribution in [0.15, 0.2) is 45.9 Å². The van der Waals surface area contributed by atoms with Crippen molar-refractivity contribution in [2.24, 2.45) is 0 Å². The zero-order valence-corrected chi connectivity index (χ0v) is 12.8. The van der Waals surface area contributed by atoms with Gasteiger partial charge in [0, 0.05) is 25.1 Å². The van der Waals surface area contributed by atoms with Crippen LogP contribution in [-0.4, -0.2) is 19.9 Å². The van der Waals surface area contributed by atoms with Gasteiger partial charge in [-0.2, -0.15) is 0 Å². The van der Waals surface area contributed by atoms with Gasteiger partial charge in [0.15, 0.2) is 0 Å². The number of sulfonamides is 1. The fourth-order valence-electron chi connectivity index (χ4n) is 1.99. The van der Waals surface area contributed by atoms with Crippen LogP contribution in [0.5, 0.6) is 0 Å². The van der Waals surface area contributed by atoms with Crippen LogP contribution in [0.4, 0.5) is 5.69 Å². The Morgan fingerprint density at radius 3 is 2.73 bits per heavy atom. The summed E-state index contributed by atoms with van der Waals surface area (Å²) in [6.45, 7) is 1.83. The average molecular weight is 324 g/mol. The highest BCUT2D eigenvalue weighted by Crippen LogP contribution is 2.21. The summed E-state index contributed by atoms with van der Waals surface area (Å²) in [5.41, 5.74) is 0.214. The number of nitrogens with zero attached hydrogens (tertiary/aromatic N) is 1. The second-order valence-electron chi connectivity index (χ2n) is 4.79. The zero-order chi connectivity index (χ0) is 16.2. The first-order chi connectivity index (χ1) is 10.4. The Bertz CT molecular complexity index is 754. The van der Waals surface area contributed by atoms with E-state index in [1.165, 1.54) is 12.1 Å². The van der Waals surface area contributed by atoms with Crippen LogP contribution >= 0.6 is 0 Å². The van der Waals surface area contributed by atoms with Crippen LogP contribution in [0, 0.1) is 17.0 Å². The fraction of sp³-hybridized carbons (Fsp3) is 0.286. The molecular weight excluding hydrogens is 308 g/mol. The van der Waals surface area contributed by atoms with Gasteiger partial charge in [0.25, 0.3) is 5.69 Å². The predicted octanol–water partition coefficient (Wildman–Crippen LogP) is 2.41. The minimum Gasteiger partial charge on any atom is -0.469 e. The molecule has 1 aromatic carbocycles. The maximum atomic E-state index is 12.2. The van der Waals surface area contributed by atoms with Gasteiger partial charge in [-0.15, -0.1) is 0 Å². The summed E-state index contributed by atoms with van der Waals surface area (Å²) in [6.07, 6.45) is 2.75. The molecule has 0 atom stereocenters. The van der Waals surface area contributed by atoms with Crippen LogP contribution in [0.2, 0.25) is 0 Å². The monoisotopic (exact) mass is 324 g/mol. The molecule has 1 aromatic heterocycles. The predicted molar refractivity (Wildman–Crippen MR) is 80.1 cm³/mol. The summed E-state index contributed by atoms with van der Waals surface area (Å²) < 4.78 is 32.1. The third kappa shape index (κ3) is 3.92. The molecule has 1 N–H and O–H groups in total. The highest BCUT2D eigenvalue weighted by molar-refractivity contribution is 7.89. The van der Waals surface area contributed by atoms with E-state index in [1.807, 2.05) is 6.07 Å². The number of nitrogens with one attached hydrogen (secondary N) is 1. The van der Waals surface area contributed by atoms with Crippen molar-refractivity contribution in [3.8, 4) is 0 Å². The third-order valence-electron chi connectivity index (χ3n) is 3.14. The Morgan fingerprint density at radius 1 is 1.32 bits per heavy atom. The van der Waals surface area contributed by atoms with Crippen LogP contribution in [-0.2, 0) is 16.4 Å². The lowest BCUT2D eigenvalue weighted by molar-refractivity contribution is -0.385. The second kappa shape index (κ2) is 6.71. The highest BCUT2D eigenvalue weighted by atomic mass is 32.2. The summed E-state index contributed by atoms with van der Waals surface area (Å²) in [5, 5.41) is 10.8. The molecule has 118 valence electrons. The smallest absolute Gasteiger partial charge is 0.270 e. The average Bonchev–Trinajstić information content (AvgIpc) is 2.97. The molecular formula is C14H16N2O5S. The van der Waals surface area contributed by atoms with E-state index >= 15 is 0 Å². The van der Waals surface area contributed by atoms with Crippen molar-refractivity contribution >= 4 is 15.7 Å². The molecule has 0 spiro atoms. The molecule has 0 bridgehead atoms. The summed E-state index contributed by atoms with van der Waals surface area (Å²) in [4.78, 5) is 10.1. The van der Waals surface area contributed by atoms with Gasteiger partial charge in [0.05, 0.1) is 16.1 Å². The van der Waals surface area contributed by atoms with Gasteiger partial charge < -0.3 is 4.42 Å². The molecule has 0 saturated carbocycles. The number of hydrogen-bond donors (Lipinski definition) is 1. The number of non-ortho nitro benzene ring substituents is 1. The molecule has 0 amide bonds. The Labute approximate surface area is 128 Å². The van der Waals surface area contributed by atoms with E-state index in [1.54, 1.807) is 19.3 Å². The number of furan rings is 1. The maximum absolute atomic E-state index is 12.2. The summed E-state index contributed by atoms with van der Waals surface area (Å²) in [6, 6.07) is 7.37. The van der Waals surface area contributed by atoms with Gasteiger partial charge in [-0.3, -0.25) is 10.1 Å². The number of benzene rings is 1. The molecule has 0 saturated heterocycles. The second-order valence-corrected chi connectivity index (χ2v) is 6.52. The molecule has 0 radical (unpaired) electrons. The number of nitro groups is 1. The quantitative estimate of drug-likeness (QED) is 0.478. The van der Waals surface area contributed by atoms with Crippen LogP contribution in [0.25, 0.3) is 0 Å². The minimum atomic E-state index is -3.77. The molecule has 8 heteroatoms. The molecule has 0 fully saturated rings. The molecule has 0 aliphatic carbocycles. The van der Waals surface area contributed by atoms with Crippen LogP contribution in [0.3, 0.4) is 0 Å². The lowest BCUT2D eigenvalue weighted by atomic mass is 10.2. The van der Waals surface area contributed by atoms with E-state index in [0.29, 0.717) is 18.4 Å². The number of aryl methyl sites for hydroxylation is 2. The molecule has 1 heterocycles. The van der Waals surface area contributed by atoms with Crippen molar-refractivity contribution in [3.63, 3.8) is 0 Å². The van der Waals surface area contributed by atoms with Gasteiger partial charge in [0.1, 0.15) is 5.76 Å². The molecule has 0 unspecified atom stereocenters. The van der Waals surface area contributed by atoms with E-state index in [2.05, 4.69) is 4.72 Å². The number of hydrogen-bond acceptors (Lipinski definition) is 5. The maximum Gasteiger partial charge on any atom is 0.270 e. The van der Waals surface area contributed by atoms with Crippen molar-refractivity contribution in [2.75, 3.05) is 6.54 Å². The number of nitro benzene ring substituents is 1. The largest absolute Gasteiger partial charge is 0.469 e. The first kappa shape index (κ1) is 16.2. The Kier molecular flexibility index (Phi) is 4.94. The molecule has 0 aliphatic rings. The normalized spacial score (nSPS) is 11.5. The highest BCUT2D eigenvalue weighted by Gasteiger charge is 2.19. The summed E-state index contributed by atoms with van der Waals surface area (Å²) >= 11 is 0. The first-order valence-corrected chi connectivity index (χ1v) is 8.15. The van der Waals surface area contributed by atoms with Gasteiger partial charge in [-0.05, 0) is 31.0 Å². The lowest BCUT2D eigenvalue weighted by Gasteiger charge is -2.08. The standard InChI is InChI=1S/C14H16N2O5S/c1-11-6-7-12(16(17)18)10-14(11)22(19,20)15-8-2-4-13-5-3-9-21-13/h3,5-7,9-10,15H,2,4,8H2,1H3. The third-order valence-corrected chi connectivity index (χ3v) is 4.75. The van der Waals surface area contributed by atoms with Crippen LogP contribution in [0.1, 0.15) is 17.7 Å². The lowest BCUT2D eigenvalue weighted by Crippen LogP contribution is -2.25. The van der Waals surface area contributed by atoms with E-state index in [0.717, 1.165) is 11.8 Å². The zero-order valence-electron chi connectivity index (χ0n) is 12.0. The summed E-state index contributed by atoms with van der Waals surface area (Å²) in [5.74, 6) is 0.783. The van der Waals surface area contributed by atoms with Gasteiger partial charge in [0.2, 0.25) is 10.0 Å². The Balaban J connectivity index is 2.03. The van der Waals surface area contributed by atoms with E-state index < -0.39 is 14.9 Å². The van der Waals surface area contributed by atoms with Gasteiger partial charge in [-0.25, -0.2) is 13.1 Å². The van der Waals surface area contributed by atoms with Crippen LogP contribution < -0.4 is 4.72 Å². The SMILES string of the molecule is Cc1ccc([N+](=O)[O-])cc1S(=O)(=O)NCCCc1ccco1. The molecule has 22 heavy (non-hydrogen) atoms. The Morgan fingerprint density at radius 2 is 2.09 bits per heavy atom. The van der Waals surface area contributed by atoms with E-state index in [4.69, 9.17) is 4.42 Å². The first-order valence-electron chi connectivity index (χ1n) is 6.67. The van der Waals surface area contributed by atoms with Crippen molar-refractivity contribution in [2.45, 2.75) is 24.7 Å². The van der Waals surface area contributed by atoms with E-state index in [9.17, 15) is 18.5 Å². The molecule has 2 aromatic rings. The van der Waals surface area contributed by atoms with Crippen molar-refractivity contribution < 1.29 is 17.8 Å². The molecule has 0 aliphatic heterocycles. The van der Waals surface area contributed by atoms with Crippen molar-refractivity contribution in [1.82, 2.24) is 4.72 Å². The van der Waals surface area contributed by atoms with Crippen molar-refractivity contribution in [1.29, 1.82) is 0 Å². The summed E-state index contributed by atoms with van der Waals surface area (Å²) in [7, 11) is -3.77. The van der Waals surface area contributed by atoms with Crippen molar-refractivity contribution in [3.05, 3.63) is 58.0 Å². The Hall–Kier alpha value is -2.19. The van der Waals surface area contributed by atoms with E-state index in [-0.39, 0.29) is 17.1 Å². The fourth-order valence-corrected chi connectivity index (χ4v) is 3.33. The minimum absolute atomic E-state index is 0.0697. The molecule has 7 nitrogen and oxygen atoms in total. The molecule has 2 rings (SSSR count).